The first-order chi connectivity index (χ1) is 14.9. The van der Waals surface area contributed by atoms with Crippen molar-refractivity contribution in [2.24, 2.45) is 0 Å². The van der Waals surface area contributed by atoms with Gasteiger partial charge in [0, 0.05) is 41.1 Å². The lowest BCUT2D eigenvalue weighted by Crippen LogP contribution is -2.41. The van der Waals surface area contributed by atoms with Crippen LogP contribution >= 0.6 is 35.1 Å². The number of amides is 1. The molecule has 1 amide bonds. The van der Waals surface area contributed by atoms with Gasteiger partial charge in [0.25, 0.3) is 5.91 Å². The molecular formula is C21H25ClN2O4S3. The second-order valence-electron chi connectivity index (χ2n) is 6.81. The Kier molecular flexibility index (Phi) is 9.12. The van der Waals surface area contributed by atoms with Crippen LogP contribution < -0.4 is 4.72 Å². The fourth-order valence-electron chi connectivity index (χ4n) is 3.09. The number of hydrogen-bond donors (Lipinski definition) is 1. The number of nitrogens with zero attached hydrogens (tertiary/aromatic N) is 1. The summed E-state index contributed by atoms with van der Waals surface area (Å²) in [5, 5.41) is 0.710. The summed E-state index contributed by atoms with van der Waals surface area (Å²) in [5.41, 5.74) is 1.43. The first kappa shape index (κ1) is 24.4. The topological polar surface area (TPSA) is 75.7 Å². The van der Waals surface area contributed by atoms with Crippen LogP contribution in [0, 0.1) is 0 Å². The molecule has 0 unspecified atom stereocenters. The molecule has 0 atom stereocenters. The van der Waals surface area contributed by atoms with E-state index >= 15 is 0 Å². The number of sulfonamides is 1. The molecule has 0 spiro atoms. The van der Waals surface area contributed by atoms with Crippen LogP contribution in [0.1, 0.15) is 15.9 Å². The van der Waals surface area contributed by atoms with E-state index in [4.69, 9.17) is 16.3 Å². The molecular weight excluding hydrogens is 476 g/mol. The number of rotatable bonds is 9. The van der Waals surface area contributed by atoms with Gasteiger partial charge in [0.1, 0.15) is 0 Å². The smallest absolute Gasteiger partial charge is 0.255 e. The predicted molar refractivity (Wildman–Crippen MR) is 128 cm³/mol. The number of benzene rings is 2. The third-order valence-corrected chi connectivity index (χ3v) is 8.40. The summed E-state index contributed by atoms with van der Waals surface area (Å²) in [6.45, 7) is 2.28. The summed E-state index contributed by atoms with van der Waals surface area (Å²) in [4.78, 5) is 15.5. The molecule has 168 valence electrons. The molecule has 0 aliphatic carbocycles. The number of hydrogen-bond acceptors (Lipinski definition) is 6. The van der Waals surface area contributed by atoms with Gasteiger partial charge in [-0.3, -0.25) is 4.79 Å². The molecule has 6 nitrogen and oxygen atoms in total. The predicted octanol–water partition coefficient (Wildman–Crippen LogP) is 3.75. The van der Waals surface area contributed by atoms with Crippen LogP contribution in [0.15, 0.2) is 52.3 Å². The molecule has 0 radical (unpaired) electrons. The van der Waals surface area contributed by atoms with Crippen molar-refractivity contribution in [3.63, 3.8) is 0 Å². The number of carbonyl (C=O) groups is 1. The molecule has 1 aliphatic heterocycles. The Labute approximate surface area is 197 Å². The number of carbonyl (C=O) groups excluding carboxylic acids is 1. The molecule has 1 fully saturated rings. The van der Waals surface area contributed by atoms with Gasteiger partial charge in [-0.25, -0.2) is 13.1 Å². The Morgan fingerprint density at radius 2 is 1.94 bits per heavy atom. The summed E-state index contributed by atoms with van der Waals surface area (Å²) in [5.74, 6) is 1.15. The van der Waals surface area contributed by atoms with Crippen molar-refractivity contribution in [3.8, 4) is 0 Å². The van der Waals surface area contributed by atoms with Crippen molar-refractivity contribution in [2.75, 3.05) is 44.9 Å². The maximum absolute atomic E-state index is 12.9. The minimum atomic E-state index is -3.72. The molecule has 1 aliphatic rings. The van der Waals surface area contributed by atoms with Crippen LogP contribution in [0.5, 0.6) is 0 Å². The van der Waals surface area contributed by atoms with Gasteiger partial charge in [0.15, 0.2) is 0 Å². The van der Waals surface area contributed by atoms with Gasteiger partial charge in [-0.05, 0) is 36.1 Å². The highest BCUT2D eigenvalue weighted by atomic mass is 35.5. The van der Waals surface area contributed by atoms with E-state index in [-0.39, 0.29) is 17.3 Å². The highest BCUT2D eigenvalue weighted by Crippen LogP contribution is 2.26. The second kappa shape index (κ2) is 11.6. The first-order valence-corrected chi connectivity index (χ1v) is 14.0. The van der Waals surface area contributed by atoms with Gasteiger partial charge < -0.3 is 9.64 Å². The van der Waals surface area contributed by atoms with Crippen LogP contribution in [0.3, 0.4) is 0 Å². The summed E-state index contributed by atoms with van der Waals surface area (Å²) < 4.78 is 33.5. The maximum atomic E-state index is 12.9. The average Bonchev–Trinajstić information content (AvgIpc) is 2.79. The third kappa shape index (κ3) is 6.63. The number of halogens is 1. The zero-order chi connectivity index (χ0) is 22.3. The van der Waals surface area contributed by atoms with Gasteiger partial charge in [-0.15, -0.1) is 11.8 Å². The van der Waals surface area contributed by atoms with E-state index in [1.165, 1.54) is 17.8 Å². The largest absolute Gasteiger partial charge is 0.378 e. The number of nitrogens with one attached hydrogen (secondary N) is 1. The van der Waals surface area contributed by atoms with Crippen LogP contribution in [0.25, 0.3) is 0 Å². The van der Waals surface area contributed by atoms with E-state index in [1.807, 2.05) is 30.5 Å². The fraction of sp³-hybridized carbons (Fsp3) is 0.381. The fourth-order valence-corrected chi connectivity index (χ4v) is 5.99. The minimum absolute atomic E-state index is 0.0954. The SMILES string of the molecule is CSc1ccc(S(=O)(=O)NCCSCc2ccccc2Cl)cc1C(=O)N1CCOCC1. The molecule has 3 rings (SSSR count). The molecule has 0 bridgehead atoms. The molecule has 2 aromatic rings. The van der Waals surface area contributed by atoms with E-state index in [9.17, 15) is 13.2 Å². The maximum Gasteiger partial charge on any atom is 0.255 e. The molecule has 10 heteroatoms. The summed E-state index contributed by atoms with van der Waals surface area (Å²) in [6.07, 6.45) is 1.87. The molecule has 1 heterocycles. The Balaban J connectivity index is 1.62. The monoisotopic (exact) mass is 500 g/mol. The van der Waals surface area contributed by atoms with Crippen molar-refractivity contribution in [3.05, 3.63) is 58.6 Å². The molecule has 31 heavy (non-hydrogen) atoms. The summed E-state index contributed by atoms with van der Waals surface area (Å²) in [7, 11) is -3.72. The first-order valence-electron chi connectivity index (χ1n) is 9.78. The van der Waals surface area contributed by atoms with Crippen molar-refractivity contribution >= 4 is 51.1 Å². The van der Waals surface area contributed by atoms with E-state index in [1.54, 1.807) is 28.8 Å². The lowest BCUT2D eigenvalue weighted by Gasteiger charge is -2.27. The van der Waals surface area contributed by atoms with Crippen molar-refractivity contribution in [1.29, 1.82) is 0 Å². The highest BCUT2D eigenvalue weighted by molar-refractivity contribution is 7.98. The van der Waals surface area contributed by atoms with Gasteiger partial charge in [-0.1, -0.05) is 29.8 Å². The van der Waals surface area contributed by atoms with Gasteiger partial charge >= 0.3 is 0 Å². The molecule has 1 saturated heterocycles. The number of thioether (sulfide) groups is 2. The van der Waals surface area contributed by atoms with E-state index in [0.717, 1.165) is 10.5 Å². The Hall–Kier alpha value is -1.23. The van der Waals surface area contributed by atoms with Crippen molar-refractivity contribution < 1.29 is 17.9 Å². The molecule has 2 aromatic carbocycles. The van der Waals surface area contributed by atoms with E-state index in [2.05, 4.69) is 4.72 Å². The Bertz CT molecular complexity index is 1010. The normalized spacial score (nSPS) is 14.6. The van der Waals surface area contributed by atoms with E-state index < -0.39 is 10.0 Å². The molecule has 0 aromatic heterocycles. The number of morpholine rings is 1. The van der Waals surface area contributed by atoms with E-state index in [0.29, 0.717) is 48.4 Å². The average molecular weight is 501 g/mol. The third-order valence-electron chi connectivity index (χ3n) is 4.76. The lowest BCUT2D eigenvalue weighted by atomic mass is 10.2. The van der Waals surface area contributed by atoms with Gasteiger partial charge in [-0.2, -0.15) is 11.8 Å². The lowest BCUT2D eigenvalue weighted by molar-refractivity contribution is 0.0300. The quantitative estimate of drug-likeness (QED) is 0.417. The standard InChI is InChI=1S/C21H25ClN2O4S3/c1-29-20-7-6-17(14-18(20)21(25)24-9-11-28-12-10-24)31(26,27)23-8-13-30-15-16-4-2-3-5-19(16)22/h2-7,14,23H,8-13,15H2,1H3. The van der Waals surface area contributed by atoms with Gasteiger partial charge in [0.05, 0.1) is 23.7 Å². The molecule has 0 saturated carbocycles. The second-order valence-corrected chi connectivity index (χ2v) is 10.9. The summed E-state index contributed by atoms with van der Waals surface area (Å²) >= 11 is 9.17. The summed E-state index contributed by atoms with van der Waals surface area (Å²) in [6, 6.07) is 12.3. The number of ether oxygens (including phenoxy) is 1. The molecule has 1 N–H and O–H groups in total. The van der Waals surface area contributed by atoms with Crippen molar-refractivity contribution in [1.82, 2.24) is 9.62 Å². The van der Waals surface area contributed by atoms with Crippen LogP contribution in [-0.2, 0) is 20.5 Å². The minimum Gasteiger partial charge on any atom is -0.378 e. The highest BCUT2D eigenvalue weighted by Gasteiger charge is 2.23. The van der Waals surface area contributed by atoms with Gasteiger partial charge in [0.2, 0.25) is 10.0 Å². The Morgan fingerprint density at radius 1 is 1.19 bits per heavy atom. The van der Waals surface area contributed by atoms with Crippen LogP contribution in [-0.4, -0.2) is 64.1 Å². The van der Waals surface area contributed by atoms with Crippen LogP contribution in [0.4, 0.5) is 0 Å². The van der Waals surface area contributed by atoms with Crippen LogP contribution in [0.2, 0.25) is 5.02 Å². The zero-order valence-corrected chi connectivity index (χ0v) is 20.4. The Morgan fingerprint density at radius 3 is 2.65 bits per heavy atom. The van der Waals surface area contributed by atoms with Crippen molar-refractivity contribution in [2.45, 2.75) is 15.5 Å². The zero-order valence-electron chi connectivity index (χ0n) is 17.2.